The van der Waals surface area contributed by atoms with Crippen LogP contribution in [0.3, 0.4) is 0 Å². The van der Waals surface area contributed by atoms with Gasteiger partial charge in [-0.3, -0.25) is 4.79 Å². The first-order valence-electron chi connectivity index (χ1n) is 8.61. The summed E-state index contributed by atoms with van der Waals surface area (Å²) < 4.78 is 26.9. The summed E-state index contributed by atoms with van der Waals surface area (Å²) in [5.41, 5.74) is 0.908. The van der Waals surface area contributed by atoms with E-state index in [9.17, 15) is 13.2 Å². The van der Waals surface area contributed by atoms with Crippen molar-refractivity contribution in [3.05, 3.63) is 62.6 Å². The van der Waals surface area contributed by atoms with Crippen LogP contribution >= 0.6 is 34.8 Å². The largest absolute Gasteiger partial charge is 0.337 e. The minimum Gasteiger partial charge on any atom is -0.337 e. The normalized spacial score (nSPS) is 11.7. The van der Waals surface area contributed by atoms with E-state index in [1.807, 2.05) is 0 Å². The number of sulfonamides is 1. The van der Waals surface area contributed by atoms with E-state index in [-0.39, 0.29) is 27.9 Å². The summed E-state index contributed by atoms with van der Waals surface area (Å²) in [5, 5.41) is 0.854. The third kappa shape index (κ3) is 4.81. The highest BCUT2D eigenvalue weighted by atomic mass is 35.5. The number of carbonyl (C=O) groups excluding carboxylic acids is 1. The van der Waals surface area contributed by atoms with Gasteiger partial charge in [-0.15, -0.1) is 0 Å². The summed E-state index contributed by atoms with van der Waals surface area (Å²) >= 11 is 18.3. The van der Waals surface area contributed by atoms with E-state index in [1.165, 1.54) is 27.4 Å². The van der Waals surface area contributed by atoms with Crippen molar-refractivity contribution >= 4 is 50.7 Å². The van der Waals surface area contributed by atoms with Gasteiger partial charge in [0.2, 0.25) is 10.0 Å². The van der Waals surface area contributed by atoms with Gasteiger partial charge in [0.25, 0.3) is 5.91 Å². The first-order valence-corrected chi connectivity index (χ1v) is 11.2. The molecule has 0 saturated heterocycles. The van der Waals surface area contributed by atoms with Gasteiger partial charge in [0.05, 0.1) is 15.1 Å². The molecule has 0 N–H and O–H groups in total. The van der Waals surface area contributed by atoms with Crippen LogP contribution in [0.5, 0.6) is 0 Å². The molecular weight excluding hydrogens is 443 g/mol. The number of amides is 1. The molecule has 0 aliphatic heterocycles. The maximum Gasteiger partial charge on any atom is 0.253 e. The monoisotopic (exact) mass is 462 g/mol. The van der Waals surface area contributed by atoms with Crippen LogP contribution in [0.4, 0.5) is 0 Å². The zero-order chi connectivity index (χ0) is 21.1. The van der Waals surface area contributed by atoms with E-state index in [4.69, 9.17) is 34.8 Å². The fourth-order valence-corrected chi connectivity index (χ4v) is 5.09. The molecule has 2 aromatic carbocycles. The van der Waals surface area contributed by atoms with Crippen molar-refractivity contribution in [3.63, 3.8) is 0 Å². The highest BCUT2D eigenvalue weighted by Gasteiger charge is 2.26. The molecule has 0 saturated carbocycles. The van der Waals surface area contributed by atoms with Gasteiger partial charge in [-0.1, -0.05) is 60.8 Å². The lowest BCUT2D eigenvalue weighted by Crippen LogP contribution is -2.31. The molecule has 0 spiro atoms. The number of halogens is 3. The number of carbonyl (C=O) groups is 1. The highest BCUT2D eigenvalue weighted by molar-refractivity contribution is 7.89. The Bertz CT molecular complexity index is 976. The topological polar surface area (TPSA) is 57.7 Å². The molecule has 0 heterocycles. The van der Waals surface area contributed by atoms with Gasteiger partial charge >= 0.3 is 0 Å². The Balaban J connectivity index is 2.35. The molecule has 0 fully saturated rings. The molecule has 2 aromatic rings. The van der Waals surface area contributed by atoms with Gasteiger partial charge in [0, 0.05) is 32.2 Å². The average molecular weight is 464 g/mol. The fraction of sp³-hybridized carbons (Fsp3) is 0.316. The first kappa shape index (κ1) is 23.0. The molecule has 5 nitrogen and oxygen atoms in total. The molecule has 0 bridgehead atoms. The van der Waals surface area contributed by atoms with E-state index in [0.717, 1.165) is 0 Å². The Morgan fingerprint density at radius 1 is 1.00 bits per heavy atom. The molecule has 9 heteroatoms. The molecule has 152 valence electrons. The molecule has 1 amide bonds. The summed E-state index contributed by atoms with van der Waals surface area (Å²) in [6.45, 7) is 4.32. The van der Waals surface area contributed by atoms with Gasteiger partial charge in [0.15, 0.2) is 0 Å². The lowest BCUT2D eigenvalue weighted by molar-refractivity contribution is 0.0785. The van der Waals surface area contributed by atoms with Gasteiger partial charge in [-0.05, 0) is 29.8 Å². The third-order valence-corrected chi connectivity index (χ3v) is 7.68. The van der Waals surface area contributed by atoms with Crippen LogP contribution in [0.2, 0.25) is 15.1 Å². The van der Waals surface area contributed by atoms with Crippen LogP contribution in [-0.2, 0) is 16.6 Å². The Hall–Kier alpha value is -1.31. The first-order chi connectivity index (χ1) is 13.1. The summed E-state index contributed by atoms with van der Waals surface area (Å²) in [4.78, 5) is 14.2. The van der Waals surface area contributed by atoms with Crippen LogP contribution in [0.25, 0.3) is 0 Å². The number of hydrogen-bond donors (Lipinski definition) is 0. The molecule has 0 aliphatic carbocycles. The van der Waals surface area contributed by atoms with E-state index in [0.29, 0.717) is 28.7 Å². The Kier molecular flexibility index (Phi) is 7.76. The predicted molar refractivity (Wildman–Crippen MR) is 114 cm³/mol. The Morgan fingerprint density at radius 3 is 2.25 bits per heavy atom. The minimum atomic E-state index is -3.79. The van der Waals surface area contributed by atoms with E-state index >= 15 is 0 Å². The maximum absolute atomic E-state index is 12.8. The Labute approximate surface area is 180 Å². The summed E-state index contributed by atoms with van der Waals surface area (Å²) in [6, 6.07) is 9.43. The zero-order valence-corrected chi connectivity index (χ0v) is 18.8. The van der Waals surface area contributed by atoms with Crippen molar-refractivity contribution in [3.8, 4) is 0 Å². The Morgan fingerprint density at radius 2 is 1.64 bits per heavy atom. The summed E-state index contributed by atoms with van der Waals surface area (Å²) in [6.07, 6.45) is 0. The molecule has 0 radical (unpaired) electrons. The molecule has 2 rings (SSSR count). The van der Waals surface area contributed by atoms with E-state index < -0.39 is 10.0 Å². The van der Waals surface area contributed by atoms with Crippen LogP contribution < -0.4 is 0 Å². The predicted octanol–water partition coefficient (Wildman–Crippen LogP) is 4.95. The molecule has 0 unspecified atom stereocenters. The van der Waals surface area contributed by atoms with Crippen LogP contribution in [0.15, 0.2) is 41.3 Å². The van der Waals surface area contributed by atoms with Crippen molar-refractivity contribution in [2.75, 3.05) is 20.1 Å². The number of nitrogens with zero attached hydrogens (tertiary/aromatic N) is 2. The van der Waals surface area contributed by atoms with Crippen LogP contribution in [-0.4, -0.2) is 43.7 Å². The molecule has 0 atom stereocenters. The zero-order valence-electron chi connectivity index (χ0n) is 15.7. The number of rotatable bonds is 7. The fourth-order valence-electron chi connectivity index (χ4n) is 2.75. The summed E-state index contributed by atoms with van der Waals surface area (Å²) in [7, 11) is -2.19. The van der Waals surface area contributed by atoms with Crippen LogP contribution in [0.1, 0.15) is 29.8 Å². The standard InChI is InChI=1S/C19H21Cl3N2O3S/c1-4-24(5-2)28(26,27)17-11-13(9-10-15(17)20)19(25)23(3)12-14-7-6-8-16(21)18(14)22/h6-11H,4-5,12H2,1-3H3. The van der Waals surface area contributed by atoms with Gasteiger partial charge in [0.1, 0.15) is 4.90 Å². The van der Waals surface area contributed by atoms with E-state index in [1.54, 1.807) is 39.1 Å². The number of hydrogen-bond acceptors (Lipinski definition) is 3. The quantitative estimate of drug-likeness (QED) is 0.584. The second-order valence-electron chi connectivity index (χ2n) is 6.11. The lowest BCUT2D eigenvalue weighted by atomic mass is 10.1. The van der Waals surface area contributed by atoms with Gasteiger partial charge < -0.3 is 4.90 Å². The van der Waals surface area contributed by atoms with Crippen molar-refractivity contribution < 1.29 is 13.2 Å². The molecular formula is C19H21Cl3N2O3S. The van der Waals surface area contributed by atoms with Crippen molar-refractivity contribution in [1.82, 2.24) is 9.21 Å². The van der Waals surface area contributed by atoms with Gasteiger partial charge in [-0.25, -0.2) is 8.42 Å². The highest BCUT2D eigenvalue weighted by Crippen LogP contribution is 2.28. The van der Waals surface area contributed by atoms with Crippen LogP contribution in [0, 0.1) is 0 Å². The third-order valence-electron chi connectivity index (χ3n) is 4.29. The molecule has 0 aliphatic rings. The summed E-state index contributed by atoms with van der Waals surface area (Å²) in [5.74, 6) is -0.358. The van der Waals surface area contributed by atoms with Crippen molar-refractivity contribution in [2.24, 2.45) is 0 Å². The molecule has 28 heavy (non-hydrogen) atoms. The SMILES string of the molecule is CCN(CC)S(=O)(=O)c1cc(C(=O)N(C)Cc2cccc(Cl)c2Cl)ccc1Cl. The maximum atomic E-state index is 12.8. The number of benzene rings is 2. The van der Waals surface area contributed by atoms with Crippen molar-refractivity contribution in [2.45, 2.75) is 25.3 Å². The average Bonchev–Trinajstić information content (AvgIpc) is 2.65. The minimum absolute atomic E-state index is 0.0731. The lowest BCUT2D eigenvalue weighted by Gasteiger charge is -2.21. The second-order valence-corrected chi connectivity index (χ2v) is 9.21. The molecule has 0 aromatic heterocycles. The smallest absolute Gasteiger partial charge is 0.253 e. The van der Waals surface area contributed by atoms with E-state index in [2.05, 4.69) is 0 Å². The second kappa shape index (κ2) is 9.46. The van der Waals surface area contributed by atoms with Gasteiger partial charge in [-0.2, -0.15) is 4.31 Å². The van der Waals surface area contributed by atoms with Crippen molar-refractivity contribution in [1.29, 1.82) is 0 Å².